The number of esters is 1. The first-order chi connectivity index (χ1) is 9.57. The third-order valence-corrected chi connectivity index (χ3v) is 4.33. The van der Waals surface area contributed by atoms with E-state index in [1.165, 1.54) is 31.4 Å². The Labute approximate surface area is 123 Å². The molecule has 3 N–H and O–H groups in total. The summed E-state index contributed by atoms with van der Waals surface area (Å²) in [6, 6.07) is 5.27. The number of carbonyl (C=O) groups excluding carboxylic acids is 2. The van der Waals surface area contributed by atoms with Crippen molar-refractivity contribution in [2.24, 2.45) is 5.73 Å². The van der Waals surface area contributed by atoms with E-state index in [4.69, 9.17) is 5.73 Å². The number of ether oxygens (including phenoxy) is 1. The van der Waals surface area contributed by atoms with Crippen LogP contribution in [-0.4, -0.2) is 32.9 Å². The normalized spacial score (nSPS) is 12.0. The van der Waals surface area contributed by atoms with Gasteiger partial charge in [-0.3, -0.25) is 4.79 Å². The molecule has 8 heteroatoms. The van der Waals surface area contributed by atoms with Gasteiger partial charge in [-0.1, -0.05) is 0 Å². The van der Waals surface area contributed by atoms with Crippen LogP contribution in [0.3, 0.4) is 0 Å². The average molecular weight is 314 g/mol. The monoisotopic (exact) mass is 314 g/mol. The van der Waals surface area contributed by atoms with Crippen molar-refractivity contribution in [1.82, 2.24) is 4.72 Å². The smallest absolute Gasteiger partial charge is 0.337 e. The summed E-state index contributed by atoms with van der Waals surface area (Å²) in [7, 11) is -2.59. The lowest BCUT2D eigenvalue weighted by molar-refractivity contribution is -0.119. The maximum atomic E-state index is 12.2. The lowest BCUT2D eigenvalue weighted by Gasteiger charge is -2.24. The molecule has 0 saturated carbocycles. The Kier molecular flexibility index (Phi) is 5.08. The van der Waals surface area contributed by atoms with Crippen molar-refractivity contribution in [2.45, 2.75) is 30.7 Å². The van der Waals surface area contributed by atoms with E-state index in [1.54, 1.807) is 13.8 Å². The molecule has 7 nitrogen and oxygen atoms in total. The number of benzene rings is 1. The van der Waals surface area contributed by atoms with Gasteiger partial charge >= 0.3 is 5.97 Å². The number of amides is 1. The second kappa shape index (κ2) is 6.23. The highest BCUT2D eigenvalue weighted by Crippen LogP contribution is 2.16. The minimum absolute atomic E-state index is 0.0206. The molecule has 0 aliphatic heterocycles. The lowest BCUT2D eigenvalue weighted by atomic mass is 10.0. The Balaban J connectivity index is 2.98. The number of methoxy groups -OCH3 is 1. The molecule has 0 unspecified atom stereocenters. The molecule has 0 atom stereocenters. The summed E-state index contributed by atoms with van der Waals surface area (Å²) in [5.74, 6) is -1.16. The van der Waals surface area contributed by atoms with Crippen LogP contribution in [0.15, 0.2) is 29.2 Å². The zero-order valence-corrected chi connectivity index (χ0v) is 12.9. The molecular formula is C13H18N2O5S. The molecule has 21 heavy (non-hydrogen) atoms. The fourth-order valence-corrected chi connectivity index (χ4v) is 3.19. The van der Waals surface area contributed by atoms with Gasteiger partial charge in [-0.05, 0) is 38.1 Å². The van der Waals surface area contributed by atoms with Crippen molar-refractivity contribution in [1.29, 1.82) is 0 Å². The molecule has 0 bridgehead atoms. The summed E-state index contributed by atoms with van der Waals surface area (Å²) in [6.45, 7) is 3.11. The molecule has 0 aliphatic rings. The second-order valence-corrected chi connectivity index (χ2v) is 6.83. The van der Waals surface area contributed by atoms with E-state index in [2.05, 4.69) is 9.46 Å². The SMILES string of the molecule is COC(=O)c1ccc(S(=O)(=O)NC(C)(C)CC(N)=O)cc1. The van der Waals surface area contributed by atoms with Gasteiger partial charge < -0.3 is 10.5 Å². The summed E-state index contributed by atoms with van der Waals surface area (Å²) in [4.78, 5) is 22.2. The van der Waals surface area contributed by atoms with Gasteiger partial charge in [0.05, 0.1) is 17.6 Å². The van der Waals surface area contributed by atoms with Gasteiger partial charge in [-0.25, -0.2) is 17.9 Å². The highest BCUT2D eigenvalue weighted by molar-refractivity contribution is 7.89. The van der Waals surface area contributed by atoms with E-state index >= 15 is 0 Å². The van der Waals surface area contributed by atoms with Crippen LogP contribution >= 0.6 is 0 Å². The molecule has 0 radical (unpaired) electrons. The minimum atomic E-state index is -3.82. The Hall–Kier alpha value is -1.93. The lowest BCUT2D eigenvalue weighted by Crippen LogP contribution is -2.45. The van der Waals surface area contributed by atoms with Gasteiger partial charge in [-0.15, -0.1) is 0 Å². The number of hydrogen-bond donors (Lipinski definition) is 2. The van der Waals surface area contributed by atoms with Gasteiger partial charge in [0.25, 0.3) is 0 Å². The first-order valence-corrected chi connectivity index (χ1v) is 7.56. The fourth-order valence-electron chi connectivity index (χ4n) is 1.78. The number of rotatable bonds is 6. The van der Waals surface area contributed by atoms with Crippen molar-refractivity contribution in [3.8, 4) is 0 Å². The molecule has 0 saturated heterocycles. The molecule has 0 aliphatic carbocycles. The number of sulfonamides is 1. The molecular weight excluding hydrogens is 296 g/mol. The van der Waals surface area contributed by atoms with E-state index in [0.717, 1.165) is 0 Å². The van der Waals surface area contributed by atoms with Crippen LogP contribution in [0.25, 0.3) is 0 Å². The molecule has 116 valence electrons. The van der Waals surface area contributed by atoms with Gasteiger partial charge in [0, 0.05) is 12.0 Å². The molecule has 1 aromatic rings. The summed E-state index contributed by atoms with van der Waals surface area (Å²) < 4.78 is 31.3. The third-order valence-electron chi connectivity index (χ3n) is 2.61. The Morgan fingerprint density at radius 3 is 2.19 bits per heavy atom. The van der Waals surface area contributed by atoms with Crippen molar-refractivity contribution in [3.05, 3.63) is 29.8 Å². The number of nitrogens with two attached hydrogens (primary N) is 1. The van der Waals surface area contributed by atoms with E-state index in [9.17, 15) is 18.0 Å². The Morgan fingerprint density at radius 1 is 1.24 bits per heavy atom. The first-order valence-electron chi connectivity index (χ1n) is 6.08. The largest absolute Gasteiger partial charge is 0.465 e. The molecule has 1 aromatic carbocycles. The van der Waals surface area contributed by atoms with E-state index in [1.807, 2.05) is 0 Å². The van der Waals surface area contributed by atoms with Crippen LogP contribution in [0, 0.1) is 0 Å². The zero-order valence-electron chi connectivity index (χ0n) is 12.0. The Bertz CT molecular complexity index is 635. The van der Waals surface area contributed by atoms with Crippen LogP contribution in [0.5, 0.6) is 0 Å². The molecule has 0 heterocycles. The Morgan fingerprint density at radius 2 is 1.76 bits per heavy atom. The maximum Gasteiger partial charge on any atom is 0.337 e. The minimum Gasteiger partial charge on any atom is -0.465 e. The number of hydrogen-bond acceptors (Lipinski definition) is 5. The van der Waals surface area contributed by atoms with Crippen LogP contribution < -0.4 is 10.5 Å². The summed E-state index contributed by atoms with van der Waals surface area (Å²) in [5, 5.41) is 0. The van der Waals surface area contributed by atoms with Crippen molar-refractivity contribution >= 4 is 21.9 Å². The highest BCUT2D eigenvalue weighted by Gasteiger charge is 2.28. The van der Waals surface area contributed by atoms with Crippen molar-refractivity contribution < 1.29 is 22.7 Å². The van der Waals surface area contributed by atoms with Crippen molar-refractivity contribution in [3.63, 3.8) is 0 Å². The fraction of sp³-hybridized carbons (Fsp3) is 0.385. The van der Waals surface area contributed by atoms with Crippen LogP contribution in [0.2, 0.25) is 0 Å². The van der Waals surface area contributed by atoms with E-state index < -0.39 is 27.4 Å². The molecule has 0 aromatic heterocycles. The van der Waals surface area contributed by atoms with Crippen LogP contribution in [0.4, 0.5) is 0 Å². The van der Waals surface area contributed by atoms with Crippen LogP contribution in [-0.2, 0) is 19.6 Å². The number of carbonyl (C=O) groups is 2. The summed E-state index contributed by atoms with van der Waals surface area (Å²) in [6.07, 6.45) is -0.132. The second-order valence-electron chi connectivity index (χ2n) is 5.15. The predicted octanol–water partition coefficient (Wildman–Crippen LogP) is 0.405. The third kappa shape index (κ3) is 4.83. The van der Waals surface area contributed by atoms with Gasteiger partial charge in [-0.2, -0.15) is 0 Å². The van der Waals surface area contributed by atoms with Gasteiger partial charge in [0.15, 0.2) is 0 Å². The highest BCUT2D eigenvalue weighted by atomic mass is 32.2. The van der Waals surface area contributed by atoms with Gasteiger partial charge in [0.2, 0.25) is 15.9 Å². The number of primary amides is 1. The maximum absolute atomic E-state index is 12.2. The topological polar surface area (TPSA) is 116 Å². The van der Waals surface area contributed by atoms with Crippen molar-refractivity contribution in [2.75, 3.05) is 7.11 Å². The summed E-state index contributed by atoms with van der Waals surface area (Å²) >= 11 is 0. The van der Waals surface area contributed by atoms with Crippen LogP contribution in [0.1, 0.15) is 30.6 Å². The first kappa shape index (κ1) is 17.1. The molecule has 0 fully saturated rings. The quantitative estimate of drug-likeness (QED) is 0.738. The standard InChI is InChI=1S/C13H18N2O5S/c1-13(2,8-11(14)16)15-21(18,19)10-6-4-9(5-7-10)12(17)20-3/h4-7,15H,8H2,1-3H3,(H2,14,16). The molecule has 1 rings (SSSR count). The number of nitrogens with one attached hydrogen (secondary N) is 1. The molecule has 1 amide bonds. The van der Waals surface area contributed by atoms with Gasteiger partial charge in [0.1, 0.15) is 0 Å². The molecule has 0 spiro atoms. The predicted molar refractivity (Wildman–Crippen MR) is 76.0 cm³/mol. The van der Waals surface area contributed by atoms with E-state index in [-0.39, 0.29) is 16.9 Å². The summed E-state index contributed by atoms with van der Waals surface area (Å²) in [5.41, 5.74) is 4.31. The zero-order chi connectivity index (χ0) is 16.3. The average Bonchev–Trinajstić information content (AvgIpc) is 2.35. The van der Waals surface area contributed by atoms with E-state index in [0.29, 0.717) is 0 Å².